The van der Waals surface area contributed by atoms with Crippen LogP contribution in [0.2, 0.25) is 0 Å². The monoisotopic (exact) mass is 472 g/mol. The Labute approximate surface area is 195 Å². The molecule has 5 N–H and O–H groups in total. The zero-order valence-corrected chi connectivity index (χ0v) is 19.1. The van der Waals surface area contributed by atoms with Gasteiger partial charge in [0.25, 0.3) is 5.56 Å². The second kappa shape index (κ2) is 10.6. The van der Waals surface area contributed by atoms with Gasteiger partial charge in [-0.05, 0) is 29.8 Å². The van der Waals surface area contributed by atoms with Crippen LogP contribution in [0, 0.1) is 0 Å². The number of nitrogens with zero attached hydrogens (tertiary/aromatic N) is 1. The van der Waals surface area contributed by atoms with Gasteiger partial charge in [0, 0.05) is 31.4 Å². The maximum Gasteiger partial charge on any atom is 0.265 e. The van der Waals surface area contributed by atoms with E-state index in [2.05, 4.69) is 5.32 Å². The van der Waals surface area contributed by atoms with Gasteiger partial charge in [0.1, 0.15) is 11.3 Å². The summed E-state index contributed by atoms with van der Waals surface area (Å²) in [7, 11) is 4.24. The molecule has 0 aliphatic rings. The topological polar surface area (TPSA) is 150 Å². The van der Waals surface area contributed by atoms with Crippen LogP contribution in [-0.2, 0) is 7.05 Å². The van der Waals surface area contributed by atoms with E-state index in [9.17, 15) is 30.0 Å². The van der Waals surface area contributed by atoms with E-state index in [1.54, 1.807) is 24.3 Å². The second-order valence-corrected chi connectivity index (χ2v) is 7.80. The number of rotatable bonds is 10. The average Bonchev–Trinajstić information content (AvgIpc) is 2.85. The minimum atomic E-state index is -1.10. The van der Waals surface area contributed by atoms with Crippen LogP contribution in [0.15, 0.2) is 41.2 Å². The molecule has 0 saturated carbocycles. The number of ketones is 1. The Hall–Kier alpha value is -3.60. The van der Waals surface area contributed by atoms with Gasteiger partial charge in [-0.15, -0.1) is 0 Å². The fourth-order valence-corrected chi connectivity index (χ4v) is 3.78. The Bertz CT molecular complexity index is 1230. The smallest absolute Gasteiger partial charge is 0.265 e. The Kier molecular flexibility index (Phi) is 7.77. The fraction of sp³-hybridized carbons (Fsp3) is 0.333. The molecule has 3 rings (SSSR count). The van der Waals surface area contributed by atoms with Crippen molar-refractivity contribution in [2.75, 3.05) is 27.4 Å². The number of hydrogen-bond donors (Lipinski definition) is 5. The van der Waals surface area contributed by atoms with Crippen molar-refractivity contribution in [3.05, 3.63) is 57.9 Å². The number of ether oxygens (including phenoxy) is 2. The number of phenolic OH excluding ortho intramolecular Hbond substituents is 1. The molecule has 0 radical (unpaired) electrons. The molecule has 34 heavy (non-hydrogen) atoms. The van der Waals surface area contributed by atoms with E-state index in [4.69, 9.17) is 9.47 Å². The van der Waals surface area contributed by atoms with Crippen LogP contribution in [0.25, 0.3) is 10.9 Å². The molecule has 0 unspecified atom stereocenters. The first-order valence-electron chi connectivity index (χ1n) is 10.5. The Morgan fingerprint density at radius 3 is 2.29 bits per heavy atom. The van der Waals surface area contributed by atoms with E-state index >= 15 is 0 Å². The number of aryl methyl sites for hydroxylation is 1. The van der Waals surface area contributed by atoms with E-state index in [0.29, 0.717) is 16.5 Å². The molecule has 2 atom stereocenters. The molecule has 0 saturated heterocycles. The third-order valence-corrected chi connectivity index (χ3v) is 5.66. The number of aromatic nitrogens is 1. The normalized spacial score (nSPS) is 13.0. The van der Waals surface area contributed by atoms with E-state index in [1.807, 2.05) is 0 Å². The lowest BCUT2D eigenvalue weighted by molar-refractivity contribution is 0.0877. The number of aliphatic hydroxyl groups excluding tert-OH is 2. The van der Waals surface area contributed by atoms with Crippen molar-refractivity contribution < 1.29 is 34.7 Å². The van der Waals surface area contributed by atoms with Crippen LogP contribution in [0.3, 0.4) is 0 Å². The number of carbonyl (C=O) groups excluding carboxylic acids is 1. The molecule has 10 heteroatoms. The number of nitrogens with one attached hydrogen (secondary N) is 1. The first kappa shape index (κ1) is 25.0. The average molecular weight is 472 g/mol. The molecule has 0 amide bonds. The van der Waals surface area contributed by atoms with Crippen molar-refractivity contribution in [3.8, 4) is 23.0 Å². The van der Waals surface area contributed by atoms with Gasteiger partial charge in [0.2, 0.25) is 5.75 Å². The molecule has 0 spiro atoms. The number of para-hydroxylation sites is 1. The molecule has 10 nitrogen and oxygen atoms in total. The van der Waals surface area contributed by atoms with Crippen molar-refractivity contribution in [3.63, 3.8) is 0 Å². The highest BCUT2D eigenvalue weighted by atomic mass is 16.5. The van der Waals surface area contributed by atoms with E-state index < -0.39 is 35.8 Å². The highest BCUT2D eigenvalue weighted by molar-refractivity contribution is 6.03. The van der Waals surface area contributed by atoms with Crippen molar-refractivity contribution in [1.29, 1.82) is 0 Å². The summed E-state index contributed by atoms with van der Waals surface area (Å²) in [5.74, 6) is -1.07. The lowest BCUT2D eigenvalue weighted by Crippen LogP contribution is -2.34. The molecule has 0 bridgehead atoms. The lowest BCUT2D eigenvalue weighted by atomic mass is 9.96. The fourth-order valence-electron chi connectivity index (χ4n) is 3.78. The van der Waals surface area contributed by atoms with Gasteiger partial charge >= 0.3 is 0 Å². The highest BCUT2D eigenvalue weighted by Gasteiger charge is 2.26. The van der Waals surface area contributed by atoms with Crippen molar-refractivity contribution in [2.45, 2.75) is 18.6 Å². The Balaban J connectivity index is 2.06. The van der Waals surface area contributed by atoms with E-state index in [1.165, 1.54) is 38.0 Å². The predicted octanol–water partition coefficient (Wildman–Crippen LogP) is 1.22. The number of phenols is 1. The molecule has 1 heterocycles. The summed E-state index contributed by atoms with van der Waals surface area (Å²) in [5.41, 5.74) is -0.0537. The highest BCUT2D eigenvalue weighted by Crippen LogP contribution is 2.39. The third kappa shape index (κ3) is 4.84. The van der Waals surface area contributed by atoms with Gasteiger partial charge in [0.15, 0.2) is 17.3 Å². The zero-order valence-electron chi connectivity index (χ0n) is 19.1. The lowest BCUT2D eigenvalue weighted by Gasteiger charge is -2.22. The second-order valence-electron chi connectivity index (χ2n) is 7.80. The molecule has 0 fully saturated rings. The summed E-state index contributed by atoms with van der Waals surface area (Å²) in [6.07, 6.45) is -1.38. The quantitative estimate of drug-likeness (QED) is 0.274. The molecular formula is C24H28N2O8. The number of carbonyl (C=O) groups is 1. The number of aliphatic hydroxyl groups is 2. The summed E-state index contributed by atoms with van der Waals surface area (Å²) >= 11 is 0. The summed E-state index contributed by atoms with van der Waals surface area (Å²) in [6, 6.07) is 8.90. The summed E-state index contributed by atoms with van der Waals surface area (Å²) in [6.45, 7) is -0.566. The van der Waals surface area contributed by atoms with Crippen LogP contribution in [0.4, 0.5) is 0 Å². The Morgan fingerprint density at radius 1 is 1.09 bits per heavy atom. The standard InChI is InChI=1S/C24H28N2O8/c1-26-17-7-5-4-6-15(17)22(30)21(24(26)32)18(29)10-16(25-11-14(28)12-27)13-8-19(33-2)23(31)20(9-13)34-3/h4-9,14,16,25,27-28,30-31H,10-12H2,1-3H3/t14-,16-/m0/s1. The minimum Gasteiger partial charge on any atom is -0.506 e. The number of pyridine rings is 1. The van der Waals surface area contributed by atoms with Gasteiger partial charge in [-0.3, -0.25) is 9.59 Å². The van der Waals surface area contributed by atoms with Crippen LogP contribution in [-0.4, -0.2) is 64.3 Å². The maximum absolute atomic E-state index is 13.3. The summed E-state index contributed by atoms with van der Waals surface area (Å²) in [5, 5.41) is 43.3. The SMILES string of the molecule is COc1cc([C@H](CC(=O)c2c(O)c3ccccc3n(C)c2=O)NC[C@H](O)CO)cc(OC)c1O. The summed E-state index contributed by atoms with van der Waals surface area (Å²) < 4.78 is 11.7. The van der Waals surface area contributed by atoms with Gasteiger partial charge in [-0.1, -0.05) is 12.1 Å². The summed E-state index contributed by atoms with van der Waals surface area (Å²) in [4.78, 5) is 26.3. The molecular weight excluding hydrogens is 444 g/mol. The molecule has 3 aromatic rings. The van der Waals surface area contributed by atoms with Gasteiger partial charge in [-0.2, -0.15) is 0 Å². The number of aromatic hydroxyl groups is 2. The molecule has 1 aromatic heterocycles. The van der Waals surface area contributed by atoms with Crippen LogP contribution in [0.1, 0.15) is 28.4 Å². The van der Waals surface area contributed by atoms with Gasteiger partial charge in [-0.25, -0.2) is 0 Å². The van der Waals surface area contributed by atoms with E-state index in [-0.39, 0.29) is 35.8 Å². The van der Waals surface area contributed by atoms with Crippen LogP contribution >= 0.6 is 0 Å². The first-order chi connectivity index (χ1) is 16.2. The van der Waals surface area contributed by atoms with E-state index in [0.717, 1.165) is 0 Å². The van der Waals surface area contributed by atoms with Crippen molar-refractivity contribution >= 4 is 16.7 Å². The van der Waals surface area contributed by atoms with Crippen LogP contribution < -0.4 is 20.3 Å². The molecule has 0 aliphatic carbocycles. The number of Topliss-reactive ketones (excluding diaryl/α,β-unsaturated/α-hetero) is 1. The largest absolute Gasteiger partial charge is 0.506 e. The Morgan fingerprint density at radius 2 is 1.71 bits per heavy atom. The molecule has 0 aliphatic heterocycles. The number of hydrogen-bond acceptors (Lipinski definition) is 9. The zero-order chi connectivity index (χ0) is 25.0. The number of fused-ring (bicyclic) bond motifs is 1. The van der Waals surface area contributed by atoms with Crippen molar-refractivity contribution in [2.24, 2.45) is 7.05 Å². The minimum absolute atomic E-state index is 0.0678. The molecule has 2 aromatic carbocycles. The maximum atomic E-state index is 13.3. The van der Waals surface area contributed by atoms with Crippen molar-refractivity contribution in [1.82, 2.24) is 9.88 Å². The first-order valence-corrected chi connectivity index (χ1v) is 10.5. The number of methoxy groups -OCH3 is 2. The predicted molar refractivity (Wildman–Crippen MR) is 125 cm³/mol. The molecule has 182 valence electrons. The van der Waals surface area contributed by atoms with Gasteiger partial charge < -0.3 is 39.8 Å². The third-order valence-electron chi connectivity index (χ3n) is 5.66. The number of benzene rings is 2. The van der Waals surface area contributed by atoms with Gasteiger partial charge in [0.05, 0.1) is 32.4 Å². The van der Waals surface area contributed by atoms with Crippen LogP contribution in [0.5, 0.6) is 23.0 Å².